The van der Waals surface area contributed by atoms with E-state index in [0.29, 0.717) is 29.3 Å². The molecule has 0 N–H and O–H groups in total. The molecule has 0 saturated carbocycles. The second kappa shape index (κ2) is 6.27. The van der Waals surface area contributed by atoms with Crippen molar-refractivity contribution in [3.05, 3.63) is 28.8 Å². The molecule has 0 radical (unpaired) electrons. The Kier molecular flexibility index (Phi) is 4.65. The van der Waals surface area contributed by atoms with Crippen molar-refractivity contribution in [1.82, 2.24) is 4.90 Å². The fourth-order valence-corrected chi connectivity index (χ4v) is 2.82. The molecule has 1 unspecified atom stereocenters. The predicted molar refractivity (Wildman–Crippen MR) is 77.4 cm³/mol. The molecular formula is C15H18ClNO3. The van der Waals surface area contributed by atoms with Gasteiger partial charge in [0, 0.05) is 24.0 Å². The van der Waals surface area contributed by atoms with Gasteiger partial charge in [0.1, 0.15) is 11.5 Å². The first-order valence-corrected chi connectivity index (χ1v) is 7.04. The number of ketones is 1. The number of halogens is 1. The molecule has 0 aliphatic carbocycles. The van der Waals surface area contributed by atoms with Crippen LogP contribution in [0.5, 0.6) is 5.75 Å². The van der Waals surface area contributed by atoms with Crippen LogP contribution in [0.2, 0.25) is 5.02 Å². The highest BCUT2D eigenvalue weighted by Crippen LogP contribution is 2.28. The van der Waals surface area contributed by atoms with Crippen molar-refractivity contribution in [3.63, 3.8) is 0 Å². The molecule has 0 spiro atoms. The molecule has 2 rings (SSSR count). The van der Waals surface area contributed by atoms with Crippen LogP contribution in [0.4, 0.5) is 0 Å². The summed E-state index contributed by atoms with van der Waals surface area (Å²) in [4.78, 5) is 25.7. The van der Waals surface area contributed by atoms with E-state index in [4.69, 9.17) is 16.3 Å². The molecule has 1 saturated heterocycles. The van der Waals surface area contributed by atoms with Gasteiger partial charge < -0.3 is 9.64 Å². The summed E-state index contributed by atoms with van der Waals surface area (Å²) in [5.74, 6) is 0.494. The molecule has 1 aromatic carbocycles. The lowest BCUT2D eigenvalue weighted by molar-refractivity contribution is -0.117. The number of likely N-dealkylation sites (tertiary alicyclic amines) is 1. The van der Waals surface area contributed by atoms with Crippen molar-refractivity contribution in [2.45, 2.75) is 32.2 Å². The fourth-order valence-electron chi connectivity index (χ4n) is 2.65. The second-order valence-electron chi connectivity index (χ2n) is 5.05. The summed E-state index contributed by atoms with van der Waals surface area (Å²) in [6, 6.07) is 4.98. The first-order chi connectivity index (χ1) is 9.52. The number of hydrogen-bond acceptors (Lipinski definition) is 3. The van der Waals surface area contributed by atoms with E-state index in [1.165, 1.54) is 7.11 Å². The smallest absolute Gasteiger partial charge is 0.257 e. The number of hydrogen-bond donors (Lipinski definition) is 0. The maximum Gasteiger partial charge on any atom is 0.257 e. The molecule has 1 aliphatic rings. The summed E-state index contributed by atoms with van der Waals surface area (Å²) in [7, 11) is 1.52. The van der Waals surface area contributed by atoms with Crippen molar-refractivity contribution in [1.29, 1.82) is 0 Å². The topological polar surface area (TPSA) is 46.6 Å². The Bertz CT molecular complexity index is 530. The summed E-state index contributed by atoms with van der Waals surface area (Å²) >= 11 is 5.96. The number of rotatable bonds is 4. The van der Waals surface area contributed by atoms with E-state index in [0.717, 1.165) is 12.8 Å². The lowest BCUT2D eigenvalue weighted by Crippen LogP contribution is -2.36. The molecule has 1 heterocycles. The van der Waals surface area contributed by atoms with E-state index in [2.05, 4.69) is 0 Å². The Labute approximate surface area is 123 Å². The first kappa shape index (κ1) is 14.9. The molecule has 1 aliphatic heterocycles. The standard InChI is InChI=1S/C15H18ClNO3/c1-10(18)8-12-4-3-7-17(12)15(19)13-9-11(16)5-6-14(13)20-2/h5-6,9,12H,3-4,7-8H2,1-2H3. The molecular weight excluding hydrogens is 278 g/mol. The van der Waals surface area contributed by atoms with Crippen LogP contribution in [0, 0.1) is 0 Å². The SMILES string of the molecule is COc1ccc(Cl)cc1C(=O)N1CCCC1CC(C)=O. The van der Waals surface area contributed by atoms with Crippen molar-refractivity contribution >= 4 is 23.3 Å². The minimum absolute atomic E-state index is 0.0105. The average Bonchev–Trinajstić information content (AvgIpc) is 2.85. The molecule has 1 aromatic rings. The Morgan fingerprint density at radius 3 is 2.85 bits per heavy atom. The third-order valence-electron chi connectivity index (χ3n) is 3.55. The third kappa shape index (κ3) is 3.12. The summed E-state index contributed by atoms with van der Waals surface area (Å²) in [5, 5.41) is 0.497. The van der Waals surface area contributed by atoms with Gasteiger partial charge in [-0.25, -0.2) is 0 Å². The number of amides is 1. The van der Waals surface area contributed by atoms with Gasteiger partial charge in [0.2, 0.25) is 0 Å². The Hall–Kier alpha value is -1.55. The number of benzene rings is 1. The number of methoxy groups -OCH3 is 1. The van der Waals surface area contributed by atoms with Crippen molar-refractivity contribution in [3.8, 4) is 5.75 Å². The Morgan fingerprint density at radius 1 is 1.45 bits per heavy atom. The molecule has 1 atom stereocenters. The van der Waals surface area contributed by atoms with Gasteiger partial charge in [0.15, 0.2) is 0 Å². The van der Waals surface area contributed by atoms with Gasteiger partial charge in [-0.2, -0.15) is 0 Å². The van der Waals surface area contributed by atoms with Crippen molar-refractivity contribution in [2.24, 2.45) is 0 Å². The predicted octanol–water partition coefficient (Wildman–Crippen LogP) is 2.93. The van der Waals surface area contributed by atoms with Gasteiger partial charge in [0.05, 0.1) is 12.7 Å². The number of nitrogens with zero attached hydrogens (tertiary/aromatic N) is 1. The molecule has 4 nitrogen and oxygen atoms in total. The molecule has 1 fully saturated rings. The summed E-state index contributed by atoms with van der Waals surface area (Å²) in [6.45, 7) is 2.23. The molecule has 0 aromatic heterocycles. The monoisotopic (exact) mass is 295 g/mol. The molecule has 1 amide bonds. The van der Waals surface area contributed by atoms with Gasteiger partial charge >= 0.3 is 0 Å². The number of carbonyl (C=O) groups excluding carboxylic acids is 2. The van der Waals surface area contributed by atoms with Crippen LogP contribution in [0.15, 0.2) is 18.2 Å². The zero-order valence-corrected chi connectivity index (χ0v) is 12.4. The quantitative estimate of drug-likeness (QED) is 0.858. The Morgan fingerprint density at radius 2 is 2.20 bits per heavy atom. The van der Waals surface area contributed by atoms with Crippen molar-refractivity contribution in [2.75, 3.05) is 13.7 Å². The Balaban J connectivity index is 2.26. The maximum atomic E-state index is 12.6. The van der Waals surface area contributed by atoms with E-state index < -0.39 is 0 Å². The van der Waals surface area contributed by atoms with Crippen LogP contribution < -0.4 is 4.74 Å². The highest BCUT2D eigenvalue weighted by atomic mass is 35.5. The minimum Gasteiger partial charge on any atom is -0.496 e. The molecule has 0 bridgehead atoms. The van der Waals surface area contributed by atoms with E-state index >= 15 is 0 Å². The lowest BCUT2D eigenvalue weighted by atomic mass is 10.1. The second-order valence-corrected chi connectivity index (χ2v) is 5.48. The van der Waals surface area contributed by atoms with E-state index in [1.54, 1.807) is 30.0 Å². The normalized spacial score (nSPS) is 18.1. The lowest BCUT2D eigenvalue weighted by Gasteiger charge is -2.24. The molecule has 108 valence electrons. The number of ether oxygens (including phenoxy) is 1. The van der Waals surface area contributed by atoms with E-state index in [1.807, 2.05) is 0 Å². The summed E-state index contributed by atoms with van der Waals surface area (Å²) < 4.78 is 5.22. The van der Waals surface area contributed by atoms with E-state index in [9.17, 15) is 9.59 Å². The van der Waals surface area contributed by atoms with Gasteiger partial charge in [-0.1, -0.05) is 11.6 Å². The minimum atomic E-state index is -0.117. The zero-order chi connectivity index (χ0) is 14.7. The number of Topliss-reactive ketones (excluding diaryl/α,β-unsaturated/α-hetero) is 1. The molecule has 5 heteroatoms. The third-order valence-corrected chi connectivity index (χ3v) is 3.79. The highest BCUT2D eigenvalue weighted by Gasteiger charge is 2.31. The van der Waals surface area contributed by atoms with Crippen LogP contribution in [0.1, 0.15) is 36.5 Å². The molecule has 20 heavy (non-hydrogen) atoms. The number of carbonyl (C=O) groups is 2. The van der Waals surface area contributed by atoms with Gasteiger partial charge in [-0.3, -0.25) is 9.59 Å². The van der Waals surface area contributed by atoms with Crippen LogP contribution in [-0.4, -0.2) is 36.3 Å². The maximum absolute atomic E-state index is 12.6. The van der Waals surface area contributed by atoms with Gasteiger partial charge in [-0.15, -0.1) is 0 Å². The van der Waals surface area contributed by atoms with Crippen LogP contribution in [-0.2, 0) is 4.79 Å². The zero-order valence-electron chi connectivity index (χ0n) is 11.7. The fraction of sp³-hybridized carbons (Fsp3) is 0.467. The van der Waals surface area contributed by atoms with E-state index in [-0.39, 0.29) is 17.7 Å². The highest BCUT2D eigenvalue weighted by molar-refractivity contribution is 6.31. The average molecular weight is 296 g/mol. The summed E-state index contributed by atoms with van der Waals surface area (Å²) in [6.07, 6.45) is 2.20. The van der Waals surface area contributed by atoms with Gasteiger partial charge in [-0.05, 0) is 38.0 Å². The van der Waals surface area contributed by atoms with Crippen LogP contribution in [0.25, 0.3) is 0 Å². The van der Waals surface area contributed by atoms with Crippen molar-refractivity contribution < 1.29 is 14.3 Å². The largest absolute Gasteiger partial charge is 0.496 e. The first-order valence-electron chi connectivity index (χ1n) is 6.67. The van der Waals surface area contributed by atoms with Gasteiger partial charge in [0.25, 0.3) is 5.91 Å². The van der Waals surface area contributed by atoms with Crippen LogP contribution in [0.3, 0.4) is 0 Å². The summed E-state index contributed by atoms with van der Waals surface area (Å²) in [5.41, 5.74) is 0.454. The van der Waals surface area contributed by atoms with Crippen LogP contribution >= 0.6 is 11.6 Å².